The number of hydrogen-bond donors (Lipinski definition) is 4. The Bertz CT molecular complexity index is 1490. The molecule has 3 aromatic carbocycles. The third-order valence-electron chi connectivity index (χ3n) is 8.83. The molecule has 0 saturated heterocycles. The zero-order valence-corrected chi connectivity index (χ0v) is 25.6. The average Bonchev–Trinajstić information content (AvgIpc) is 3.33. The summed E-state index contributed by atoms with van der Waals surface area (Å²) in [6.45, 7) is 0. The van der Waals surface area contributed by atoms with Crippen LogP contribution in [0.5, 0.6) is 0 Å². The highest BCUT2D eigenvalue weighted by Crippen LogP contribution is 2.61. The number of halogens is 2. The highest BCUT2D eigenvalue weighted by molar-refractivity contribution is 9.10. The lowest BCUT2D eigenvalue weighted by atomic mass is 9.69. The maximum absolute atomic E-state index is 11.8. The standard InChI is InChI=1S/C32H28Br2O8/c33-17-1-3-19-21-15-26-22(16-25(21)31(23(19)13-17,9-5-27(35)36)10-6-28(37)38)20-4-2-18(34)14-24(20)32(26,11-7-29(39)40)12-8-30(41)42/h1-4,13-16H,5-12H2,(H,35,36)(H,37,38)(H,39,40)(H,41,42). The lowest BCUT2D eigenvalue weighted by Crippen LogP contribution is -2.29. The van der Waals surface area contributed by atoms with Gasteiger partial charge < -0.3 is 20.4 Å². The molecule has 2 aliphatic carbocycles. The molecule has 0 radical (unpaired) electrons. The van der Waals surface area contributed by atoms with Gasteiger partial charge in [0.15, 0.2) is 0 Å². The molecular formula is C32H28Br2O8. The molecule has 0 saturated carbocycles. The van der Waals surface area contributed by atoms with Crippen LogP contribution in [0.4, 0.5) is 0 Å². The van der Waals surface area contributed by atoms with Crippen molar-refractivity contribution < 1.29 is 39.6 Å². The second-order valence-electron chi connectivity index (χ2n) is 11.1. The first-order chi connectivity index (χ1) is 19.9. The Morgan fingerprint density at radius 1 is 0.476 bits per heavy atom. The van der Waals surface area contributed by atoms with Crippen LogP contribution in [-0.2, 0) is 30.0 Å². The van der Waals surface area contributed by atoms with Crippen LogP contribution in [0.3, 0.4) is 0 Å². The molecule has 0 heterocycles. The van der Waals surface area contributed by atoms with Crippen molar-refractivity contribution in [1.29, 1.82) is 0 Å². The second kappa shape index (κ2) is 11.3. The second-order valence-corrected chi connectivity index (χ2v) is 12.9. The van der Waals surface area contributed by atoms with Gasteiger partial charge in [0.25, 0.3) is 0 Å². The van der Waals surface area contributed by atoms with Crippen molar-refractivity contribution in [3.63, 3.8) is 0 Å². The average molecular weight is 700 g/mol. The first-order valence-corrected chi connectivity index (χ1v) is 15.1. The fraction of sp³-hybridized carbons (Fsp3) is 0.312. The third kappa shape index (κ3) is 5.15. The van der Waals surface area contributed by atoms with Gasteiger partial charge in [-0.25, -0.2) is 0 Å². The molecule has 0 amide bonds. The predicted octanol–water partition coefficient (Wildman–Crippen LogP) is 7.20. The monoisotopic (exact) mass is 698 g/mol. The van der Waals surface area contributed by atoms with E-state index in [9.17, 15) is 39.6 Å². The quantitative estimate of drug-likeness (QED) is 0.155. The predicted molar refractivity (Wildman–Crippen MR) is 162 cm³/mol. The zero-order valence-electron chi connectivity index (χ0n) is 22.5. The summed E-state index contributed by atoms with van der Waals surface area (Å²) in [5.74, 6) is -3.92. The zero-order chi connectivity index (χ0) is 30.4. The van der Waals surface area contributed by atoms with Crippen LogP contribution >= 0.6 is 31.9 Å². The van der Waals surface area contributed by atoms with Gasteiger partial charge in [0.2, 0.25) is 0 Å². The molecule has 0 spiro atoms. The van der Waals surface area contributed by atoms with Crippen molar-refractivity contribution in [1.82, 2.24) is 0 Å². The van der Waals surface area contributed by atoms with Gasteiger partial charge >= 0.3 is 23.9 Å². The maximum atomic E-state index is 11.8. The number of aliphatic carboxylic acids is 4. The fourth-order valence-electron chi connectivity index (χ4n) is 7.03. The van der Waals surface area contributed by atoms with E-state index in [1.165, 1.54) is 0 Å². The number of fused-ring (bicyclic) bond motifs is 6. The van der Waals surface area contributed by atoms with Crippen LogP contribution in [0, 0.1) is 0 Å². The molecule has 4 N–H and O–H groups in total. The van der Waals surface area contributed by atoms with Gasteiger partial charge in [-0.15, -0.1) is 0 Å². The molecule has 42 heavy (non-hydrogen) atoms. The number of benzene rings is 3. The van der Waals surface area contributed by atoms with Gasteiger partial charge in [-0.3, -0.25) is 19.2 Å². The van der Waals surface area contributed by atoms with E-state index in [2.05, 4.69) is 31.9 Å². The van der Waals surface area contributed by atoms with Crippen LogP contribution in [0.15, 0.2) is 57.5 Å². The molecule has 0 unspecified atom stereocenters. The van der Waals surface area contributed by atoms with Crippen molar-refractivity contribution >= 4 is 55.7 Å². The minimum atomic E-state index is -0.979. The van der Waals surface area contributed by atoms with E-state index >= 15 is 0 Å². The Labute approximate surface area is 258 Å². The van der Waals surface area contributed by atoms with Gasteiger partial charge in [-0.05, 0) is 107 Å². The summed E-state index contributed by atoms with van der Waals surface area (Å²) >= 11 is 7.08. The van der Waals surface area contributed by atoms with Crippen molar-refractivity contribution in [3.05, 3.63) is 79.7 Å². The minimum Gasteiger partial charge on any atom is -0.481 e. The van der Waals surface area contributed by atoms with Crippen molar-refractivity contribution in [2.24, 2.45) is 0 Å². The Kier molecular flexibility index (Phi) is 8.06. The molecular weight excluding hydrogens is 672 g/mol. The molecule has 0 atom stereocenters. The molecule has 8 nitrogen and oxygen atoms in total. The molecule has 5 rings (SSSR count). The number of rotatable bonds is 12. The Hall–Kier alpha value is -3.50. The molecule has 0 fully saturated rings. The van der Waals surface area contributed by atoms with E-state index in [1.807, 2.05) is 48.5 Å². The van der Waals surface area contributed by atoms with Crippen LogP contribution in [0.2, 0.25) is 0 Å². The highest BCUT2D eigenvalue weighted by Gasteiger charge is 2.48. The van der Waals surface area contributed by atoms with E-state index in [1.54, 1.807) is 0 Å². The molecule has 0 aromatic heterocycles. The highest BCUT2D eigenvalue weighted by atomic mass is 79.9. The first kappa shape index (κ1) is 30.0. The Balaban J connectivity index is 1.83. The number of carbonyl (C=O) groups is 4. The van der Waals surface area contributed by atoms with Crippen LogP contribution in [0.1, 0.15) is 73.6 Å². The molecule has 0 aliphatic heterocycles. The third-order valence-corrected chi connectivity index (χ3v) is 9.81. The summed E-state index contributed by atoms with van der Waals surface area (Å²) in [6, 6.07) is 15.5. The Morgan fingerprint density at radius 3 is 1.05 bits per heavy atom. The number of hydrogen-bond acceptors (Lipinski definition) is 4. The molecule has 10 heteroatoms. The van der Waals surface area contributed by atoms with E-state index < -0.39 is 34.7 Å². The summed E-state index contributed by atoms with van der Waals surface area (Å²) in [5, 5.41) is 38.7. The van der Waals surface area contributed by atoms with E-state index in [4.69, 9.17) is 0 Å². The summed E-state index contributed by atoms with van der Waals surface area (Å²) in [6.07, 6.45) is 0.143. The van der Waals surface area contributed by atoms with E-state index in [0.29, 0.717) is 0 Å². The SMILES string of the molecule is O=C(O)CCC1(CCC(=O)O)c2cc(Br)ccc2-c2cc3c(cc21)-c1ccc(Br)cc1C3(CCC(=O)O)CCC(=O)O. The van der Waals surface area contributed by atoms with Gasteiger partial charge in [0, 0.05) is 45.5 Å². The van der Waals surface area contributed by atoms with Crippen molar-refractivity contribution in [3.8, 4) is 22.3 Å². The van der Waals surface area contributed by atoms with Gasteiger partial charge in [-0.2, -0.15) is 0 Å². The van der Waals surface area contributed by atoms with Crippen molar-refractivity contribution in [2.45, 2.75) is 62.2 Å². The normalized spacial score (nSPS) is 14.9. The fourth-order valence-corrected chi connectivity index (χ4v) is 7.75. The summed E-state index contributed by atoms with van der Waals surface area (Å²) in [5.41, 5.74) is 4.95. The van der Waals surface area contributed by atoms with Gasteiger partial charge in [0.05, 0.1) is 0 Å². The first-order valence-electron chi connectivity index (χ1n) is 13.5. The van der Waals surface area contributed by atoms with Crippen molar-refractivity contribution in [2.75, 3.05) is 0 Å². The van der Waals surface area contributed by atoms with Crippen LogP contribution < -0.4 is 0 Å². The summed E-state index contributed by atoms with van der Waals surface area (Å²) in [4.78, 5) is 47.3. The molecule has 218 valence electrons. The summed E-state index contributed by atoms with van der Waals surface area (Å²) < 4.78 is 1.56. The van der Waals surface area contributed by atoms with E-state index in [0.717, 1.165) is 53.5 Å². The lowest BCUT2D eigenvalue weighted by Gasteiger charge is -2.33. The van der Waals surface area contributed by atoms with Gasteiger partial charge in [0.1, 0.15) is 0 Å². The number of carboxylic acid groups (broad SMARTS) is 4. The largest absolute Gasteiger partial charge is 0.481 e. The molecule has 2 aliphatic rings. The number of carboxylic acids is 4. The van der Waals surface area contributed by atoms with E-state index in [-0.39, 0.29) is 51.4 Å². The Morgan fingerprint density at radius 2 is 0.762 bits per heavy atom. The van der Waals surface area contributed by atoms with Crippen LogP contribution in [-0.4, -0.2) is 44.3 Å². The molecule has 3 aromatic rings. The smallest absolute Gasteiger partial charge is 0.303 e. The summed E-state index contributed by atoms with van der Waals surface area (Å²) in [7, 11) is 0. The molecule has 0 bridgehead atoms. The maximum Gasteiger partial charge on any atom is 0.303 e. The lowest BCUT2D eigenvalue weighted by molar-refractivity contribution is -0.139. The topological polar surface area (TPSA) is 149 Å². The van der Waals surface area contributed by atoms with Crippen LogP contribution in [0.25, 0.3) is 22.3 Å². The van der Waals surface area contributed by atoms with Gasteiger partial charge in [-0.1, -0.05) is 44.0 Å². The minimum absolute atomic E-state index is 0.160.